The topological polar surface area (TPSA) is 76.4 Å². The Morgan fingerprint density at radius 3 is 2.76 bits per heavy atom. The standard InChI is InChI=1S/C18H15ClN4O2/c19-14-4-2-6-16(10-14)23-8-7-22(18(23)25)12-17(24)21-15-5-1-3-13(9-15)11-20/h1-6,9-10H,7-8,12H2,(H,21,24). The summed E-state index contributed by atoms with van der Waals surface area (Å²) >= 11 is 5.97. The van der Waals surface area contributed by atoms with E-state index in [4.69, 9.17) is 16.9 Å². The van der Waals surface area contributed by atoms with E-state index in [9.17, 15) is 9.59 Å². The lowest BCUT2D eigenvalue weighted by atomic mass is 10.2. The van der Waals surface area contributed by atoms with Crippen LogP contribution in [0.5, 0.6) is 0 Å². The highest BCUT2D eigenvalue weighted by Gasteiger charge is 2.30. The van der Waals surface area contributed by atoms with Crippen LogP contribution < -0.4 is 10.2 Å². The molecule has 1 saturated heterocycles. The first-order valence-electron chi connectivity index (χ1n) is 7.69. The van der Waals surface area contributed by atoms with Gasteiger partial charge in [0.15, 0.2) is 0 Å². The summed E-state index contributed by atoms with van der Waals surface area (Å²) in [5.74, 6) is -0.309. The molecule has 0 aliphatic carbocycles. The van der Waals surface area contributed by atoms with Crippen molar-refractivity contribution in [1.82, 2.24) is 4.90 Å². The van der Waals surface area contributed by atoms with E-state index in [0.717, 1.165) is 0 Å². The molecule has 126 valence electrons. The molecule has 1 heterocycles. The molecule has 1 aliphatic rings. The molecule has 1 fully saturated rings. The Hall–Kier alpha value is -3.04. The number of nitrogens with zero attached hydrogens (tertiary/aromatic N) is 3. The fourth-order valence-electron chi connectivity index (χ4n) is 2.65. The van der Waals surface area contributed by atoms with E-state index in [1.807, 2.05) is 6.07 Å². The molecule has 1 aliphatic heterocycles. The number of halogens is 1. The van der Waals surface area contributed by atoms with Crippen LogP contribution in [0.4, 0.5) is 16.2 Å². The molecule has 0 spiro atoms. The Balaban J connectivity index is 1.62. The molecule has 0 saturated carbocycles. The van der Waals surface area contributed by atoms with Crippen molar-refractivity contribution in [1.29, 1.82) is 5.26 Å². The van der Waals surface area contributed by atoms with Crippen molar-refractivity contribution < 1.29 is 9.59 Å². The van der Waals surface area contributed by atoms with Gasteiger partial charge < -0.3 is 10.2 Å². The van der Waals surface area contributed by atoms with E-state index < -0.39 is 0 Å². The summed E-state index contributed by atoms with van der Waals surface area (Å²) in [7, 11) is 0. The van der Waals surface area contributed by atoms with E-state index in [0.29, 0.717) is 35.1 Å². The predicted octanol–water partition coefficient (Wildman–Crippen LogP) is 3.09. The molecule has 1 N–H and O–H groups in total. The van der Waals surface area contributed by atoms with Crippen molar-refractivity contribution in [2.45, 2.75) is 0 Å². The number of nitrogens with one attached hydrogen (secondary N) is 1. The van der Waals surface area contributed by atoms with Crippen molar-refractivity contribution in [2.75, 3.05) is 29.9 Å². The third-order valence-electron chi connectivity index (χ3n) is 3.82. The lowest BCUT2D eigenvalue weighted by Gasteiger charge is -2.18. The zero-order valence-electron chi connectivity index (χ0n) is 13.3. The van der Waals surface area contributed by atoms with E-state index in [1.165, 1.54) is 4.90 Å². The van der Waals surface area contributed by atoms with E-state index in [1.54, 1.807) is 53.4 Å². The van der Waals surface area contributed by atoms with Crippen LogP contribution in [0.1, 0.15) is 5.56 Å². The molecule has 0 atom stereocenters. The summed E-state index contributed by atoms with van der Waals surface area (Å²) in [6.07, 6.45) is 0. The monoisotopic (exact) mass is 354 g/mol. The van der Waals surface area contributed by atoms with Crippen LogP contribution in [0.25, 0.3) is 0 Å². The number of carbonyl (C=O) groups is 2. The van der Waals surface area contributed by atoms with Gasteiger partial charge in [0.2, 0.25) is 5.91 Å². The molecule has 0 unspecified atom stereocenters. The van der Waals surface area contributed by atoms with Gasteiger partial charge in [0.25, 0.3) is 0 Å². The zero-order chi connectivity index (χ0) is 17.8. The number of anilines is 2. The van der Waals surface area contributed by atoms with Crippen molar-refractivity contribution in [3.05, 3.63) is 59.1 Å². The summed E-state index contributed by atoms with van der Waals surface area (Å²) in [5.41, 5.74) is 1.70. The van der Waals surface area contributed by atoms with E-state index in [-0.39, 0.29) is 18.5 Å². The van der Waals surface area contributed by atoms with Crippen LogP contribution in [0.2, 0.25) is 5.02 Å². The number of benzene rings is 2. The molecule has 2 aromatic carbocycles. The largest absolute Gasteiger partial charge is 0.325 e. The van der Waals surface area contributed by atoms with Crippen LogP contribution in [-0.4, -0.2) is 36.5 Å². The Kier molecular flexibility index (Phi) is 4.87. The fourth-order valence-corrected chi connectivity index (χ4v) is 2.84. The van der Waals surface area contributed by atoms with E-state index in [2.05, 4.69) is 5.32 Å². The number of nitriles is 1. The molecule has 0 bridgehead atoms. The van der Waals surface area contributed by atoms with Gasteiger partial charge in [-0.05, 0) is 36.4 Å². The van der Waals surface area contributed by atoms with Gasteiger partial charge in [0.1, 0.15) is 6.54 Å². The molecular formula is C18H15ClN4O2. The van der Waals surface area contributed by atoms with Gasteiger partial charge in [-0.15, -0.1) is 0 Å². The Morgan fingerprint density at radius 2 is 2.00 bits per heavy atom. The minimum atomic E-state index is -0.309. The minimum absolute atomic E-state index is 0.0489. The summed E-state index contributed by atoms with van der Waals surface area (Å²) in [6.45, 7) is 0.903. The van der Waals surface area contributed by atoms with Crippen molar-refractivity contribution in [3.8, 4) is 6.07 Å². The third-order valence-corrected chi connectivity index (χ3v) is 4.06. The van der Waals surface area contributed by atoms with Crippen LogP contribution >= 0.6 is 11.6 Å². The second-order valence-corrected chi connectivity index (χ2v) is 6.01. The fraction of sp³-hybridized carbons (Fsp3) is 0.167. The van der Waals surface area contributed by atoms with Gasteiger partial charge in [-0.1, -0.05) is 23.7 Å². The summed E-state index contributed by atoms with van der Waals surface area (Å²) < 4.78 is 0. The maximum Gasteiger partial charge on any atom is 0.325 e. The summed E-state index contributed by atoms with van der Waals surface area (Å²) in [5, 5.41) is 12.1. The van der Waals surface area contributed by atoms with Crippen molar-refractivity contribution in [2.24, 2.45) is 0 Å². The maximum atomic E-state index is 12.5. The number of carbonyl (C=O) groups excluding carboxylic acids is 2. The first kappa shape index (κ1) is 16.8. The lowest BCUT2D eigenvalue weighted by molar-refractivity contribution is -0.116. The van der Waals surface area contributed by atoms with Crippen LogP contribution in [0.3, 0.4) is 0 Å². The minimum Gasteiger partial charge on any atom is -0.325 e. The van der Waals surface area contributed by atoms with Crippen molar-refractivity contribution >= 4 is 34.9 Å². The zero-order valence-corrected chi connectivity index (χ0v) is 14.0. The predicted molar refractivity (Wildman–Crippen MR) is 95.6 cm³/mol. The Bertz CT molecular complexity index is 862. The second-order valence-electron chi connectivity index (χ2n) is 5.58. The van der Waals surface area contributed by atoms with Gasteiger partial charge in [-0.2, -0.15) is 5.26 Å². The van der Waals surface area contributed by atoms with Crippen LogP contribution in [0, 0.1) is 11.3 Å². The number of hydrogen-bond donors (Lipinski definition) is 1. The summed E-state index contributed by atoms with van der Waals surface area (Å²) in [4.78, 5) is 27.7. The molecule has 25 heavy (non-hydrogen) atoms. The van der Waals surface area contributed by atoms with E-state index >= 15 is 0 Å². The number of urea groups is 1. The smallest absolute Gasteiger partial charge is 0.325 e. The van der Waals surface area contributed by atoms with Gasteiger partial charge in [0.05, 0.1) is 11.6 Å². The van der Waals surface area contributed by atoms with Crippen LogP contribution in [0.15, 0.2) is 48.5 Å². The first-order chi connectivity index (χ1) is 12.1. The highest BCUT2D eigenvalue weighted by atomic mass is 35.5. The quantitative estimate of drug-likeness (QED) is 0.916. The molecule has 6 nitrogen and oxygen atoms in total. The summed E-state index contributed by atoms with van der Waals surface area (Å²) in [6, 6.07) is 15.5. The molecule has 0 radical (unpaired) electrons. The number of hydrogen-bond acceptors (Lipinski definition) is 3. The molecule has 2 aromatic rings. The third kappa shape index (κ3) is 3.90. The first-order valence-corrected chi connectivity index (χ1v) is 8.06. The Labute approximate surface area is 150 Å². The van der Waals surface area contributed by atoms with Gasteiger partial charge >= 0.3 is 6.03 Å². The van der Waals surface area contributed by atoms with Gasteiger partial charge in [0, 0.05) is 29.5 Å². The molecule has 3 rings (SSSR count). The molecule has 0 aromatic heterocycles. The highest BCUT2D eigenvalue weighted by Crippen LogP contribution is 2.23. The highest BCUT2D eigenvalue weighted by molar-refractivity contribution is 6.30. The SMILES string of the molecule is N#Cc1cccc(NC(=O)CN2CCN(c3cccc(Cl)c3)C2=O)c1. The number of rotatable bonds is 4. The van der Waals surface area contributed by atoms with Crippen molar-refractivity contribution in [3.63, 3.8) is 0 Å². The van der Waals surface area contributed by atoms with Gasteiger partial charge in [-0.3, -0.25) is 9.69 Å². The normalized spacial score (nSPS) is 13.7. The second kappa shape index (κ2) is 7.24. The number of amides is 3. The van der Waals surface area contributed by atoms with Gasteiger partial charge in [-0.25, -0.2) is 4.79 Å². The average molecular weight is 355 g/mol. The average Bonchev–Trinajstić information content (AvgIpc) is 2.95. The molecule has 3 amide bonds. The lowest BCUT2D eigenvalue weighted by Crippen LogP contribution is -2.37. The maximum absolute atomic E-state index is 12.5. The van der Waals surface area contributed by atoms with Crippen LogP contribution in [-0.2, 0) is 4.79 Å². The molecule has 7 heteroatoms. The Morgan fingerprint density at radius 1 is 1.20 bits per heavy atom. The molecular weight excluding hydrogens is 340 g/mol.